The lowest BCUT2D eigenvalue weighted by molar-refractivity contribution is -0.135. The van der Waals surface area contributed by atoms with Crippen LogP contribution in [0.25, 0.3) is 0 Å². The van der Waals surface area contributed by atoms with Gasteiger partial charge in [0.1, 0.15) is 12.1 Å². The zero-order chi connectivity index (χ0) is 24.3. The van der Waals surface area contributed by atoms with Crippen molar-refractivity contribution in [3.8, 4) is 0 Å². The fraction of sp³-hybridized carbons (Fsp3) is 0.591. The minimum Gasteiger partial charge on any atom is -0.382 e. The lowest BCUT2D eigenvalue weighted by atomic mass is 9.90. The predicted octanol–water partition coefficient (Wildman–Crippen LogP) is 1.20. The first-order valence-corrected chi connectivity index (χ1v) is 10.6. The summed E-state index contributed by atoms with van der Waals surface area (Å²) in [5.74, 6) is -2.27. The van der Waals surface area contributed by atoms with Gasteiger partial charge in [-0.15, -0.1) is 0 Å². The van der Waals surface area contributed by atoms with Crippen LogP contribution >= 0.6 is 0 Å². The van der Waals surface area contributed by atoms with E-state index in [9.17, 15) is 28.3 Å². The van der Waals surface area contributed by atoms with Crippen LogP contribution in [-0.4, -0.2) is 66.9 Å². The summed E-state index contributed by atoms with van der Waals surface area (Å²) >= 11 is 0. The van der Waals surface area contributed by atoms with Gasteiger partial charge in [-0.2, -0.15) is 0 Å². The number of amides is 3. The number of nitrogens with two attached hydrogens (primary N) is 1. The first-order valence-electron chi connectivity index (χ1n) is 10.6. The van der Waals surface area contributed by atoms with Crippen LogP contribution in [0.1, 0.15) is 44.2 Å². The molecule has 0 bridgehead atoms. The molecule has 4 unspecified atom stereocenters. The van der Waals surface area contributed by atoms with Crippen LogP contribution in [-0.2, 0) is 14.4 Å². The van der Waals surface area contributed by atoms with Gasteiger partial charge < -0.3 is 26.4 Å². The van der Waals surface area contributed by atoms with Crippen LogP contribution in [0.4, 0.5) is 8.78 Å². The van der Waals surface area contributed by atoms with Crippen molar-refractivity contribution in [1.82, 2.24) is 15.5 Å². The molecule has 4 atom stereocenters. The van der Waals surface area contributed by atoms with Crippen molar-refractivity contribution in [2.24, 2.45) is 11.7 Å². The minimum atomic E-state index is -2.49. The second-order valence-electron chi connectivity index (χ2n) is 7.99. The number of alkyl halides is 2. The Morgan fingerprint density at radius 3 is 2.28 bits per heavy atom. The normalized spacial score (nSPS) is 14.9. The number of carbonyl (C=O) groups is 3. The third-order valence-corrected chi connectivity index (χ3v) is 5.04. The molecular formula is C22H34F2N4O4. The van der Waals surface area contributed by atoms with Crippen molar-refractivity contribution < 1.29 is 28.3 Å². The molecule has 0 aliphatic carbocycles. The lowest BCUT2D eigenvalue weighted by Gasteiger charge is -2.24. The fourth-order valence-corrected chi connectivity index (χ4v) is 3.38. The Labute approximate surface area is 187 Å². The van der Waals surface area contributed by atoms with Gasteiger partial charge in [-0.05, 0) is 17.9 Å². The van der Waals surface area contributed by atoms with E-state index in [0.29, 0.717) is 18.4 Å². The average molecular weight is 457 g/mol. The molecule has 1 aromatic carbocycles. The van der Waals surface area contributed by atoms with Gasteiger partial charge in [0.25, 0.3) is 5.91 Å². The number of benzene rings is 1. The molecular weight excluding hydrogens is 422 g/mol. The maximum atomic E-state index is 12.7. The summed E-state index contributed by atoms with van der Waals surface area (Å²) < 4.78 is 25.4. The molecule has 0 aliphatic rings. The number of hydrogen-bond acceptors (Lipinski definition) is 5. The summed E-state index contributed by atoms with van der Waals surface area (Å²) in [7, 11) is 3.12. The summed E-state index contributed by atoms with van der Waals surface area (Å²) in [5.41, 5.74) is 6.43. The number of nitrogens with zero attached hydrogens (tertiary/aromatic N) is 1. The minimum absolute atomic E-state index is 0.0619. The third-order valence-electron chi connectivity index (χ3n) is 5.04. The number of rotatable bonds is 13. The molecule has 0 saturated heterocycles. The van der Waals surface area contributed by atoms with Crippen LogP contribution in [0, 0.1) is 5.92 Å². The number of likely N-dealkylation sites (N-methyl/N-ethyl adjacent to an activating group) is 1. The van der Waals surface area contributed by atoms with E-state index in [1.165, 1.54) is 4.90 Å². The predicted molar refractivity (Wildman–Crippen MR) is 117 cm³/mol. The Morgan fingerprint density at radius 2 is 1.75 bits per heavy atom. The highest BCUT2D eigenvalue weighted by Gasteiger charge is 2.28. The van der Waals surface area contributed by atoms with E-state index >= 15 is 0 Å². The quantitative estimate of drug-likeness (QED) is 0.355. The number of carbonyl (C=O) groups excluding carboxylic acids is 3. The van der Waals surface area contributed by atoms with Crippen molar-refractivity contribution in [2.45, 2.75) is 57.2 Å². The topological polar surface area (TPSA) is 125 Å². The van der Waals surface area contributed by atoms with Gasteiger partial charge in [0, 0.05) is 26.6 Å². The van der Waals surface area contributed by atoms with Crippen molar-refractivity contribution in [2.75, 3.05) is 20.6 Å². The van der Waals surface area contributed by atoms with Gasteiger partial charge in [0.05, 0.1) is 6.54 Å². The number of nitrogens with one attached hydrogen (secondary N) is 2. The van der Waals surface area contributed by atoms with Crippen molar-refractivity contribution in [1.29, 1.82) is 0 Å². The second kappa shape index (κ2) is 13.7. The van der Waals surface area contributed by atoms with E-state index in [0.717, 1.165) is 0 Å². The smallest absolute Gasteiger partial charge is 0.250 e. The molecule has 3 amide bonds. The fourth-order valence-electron chi connectivity index (χ4n) is 3.38. The maximum absolute atomic E-state index is 12.7. The van der Waals surface area contributed by atoms with Crippen molar-refractivity contribution in [3.63, 3.8) is 0 Å². The largest absolute Gasteiger partial charge is 0.382 e. The Bertz CT molecular complexity index is 734. The summed E-state index contributed by atoms with van der Waals surface area (Å²) in [4.78, 5) is 38.3. The monoisotopic (exact) mass is 456 g/mol. The lowest BCUT2D eigenvalue weighted by Crippen LogP contribution is -2.50. The Hall–Kier alpha value is -2.59. The van der Waals surface area contributed by atoms with E-state index in [4.69, 9.17) is 5.73 Å². The highest BCUT2D eigenvalue weighted by molar-refractivity contribution is 5.91. The van der Waals surface area contributed by atoms with Gasteiger partial charge in [0.2, 0.25) is 18.2 Å². The summed E-state index contributed by atoms with van der Waals surface area (Å²) in [5, 5.41) is 15.0. The van der Waals surface area contributed by atoms with Gasteiger partial charge in [-0.25, -0.2) is 8.78 Å². The molecule has 0 spiro atoms. The summed E-state index contributed by atoms with van der Waals surface area (Å²) in [6.45, 7) is 1.37. The maximum Gasteiger partial charge on any atom is 0.250 e. The van der Waals surface area contributed by atoms with Crippen LogP contribution in [0.5, 0.6) is 0 Å². The molecule has 0 aliphatic heterocycles. The first-order chi connectivity index (χ1) is 15.1. The van der Waals surface area contributed by atoms with Crippen LogP contribution in [0.3, 0.4) is 0 Å². The van der Waals surface area contributed by atoms with Crippen LogP contribution in [0.2, 0.25) is 0 Å². The van der Waals surface area contributed by atoms with Crippen LogP contribution in [0.15, 0.2) is 30.3 Å². The third kappa shape index (κ3) is 9.27. The van der Waals surface area contributed by atoms with Crippen molar-refractivity contribution in [3.05, 3.63) is 35.9 Å². The molecule has 5 N–H and O–H groups in total. The first kappa shape index (κ1) is 27.4. The molecule has 0 aromatic heterocycles. The van der Waals surface area contributed by atoms with Gasteiger partial charge >= 0.3 is 0 Å². The average Bonchev–Trinajstić information content (AvgIpc) is 2.74. The van der Waals surface area contributed by atoms with Crippen molar-refractivity contribution >= 4 is 17.7 Å². The molecule has 10 heteroatoms. The highest BCUT2D eigenvalue weighted by atomic mass is 19.3. The molecule has 32 heavy (non-hydrogen) atoms. The molecule has 0 saturated carbocycles. The number of hydrogen-bond donors (Lipinski definition) is 4. The highest BCUT2D eigenvalue weighted by Crippen LogP contribution is 2.22. The molecule has 0 heterocycles. The zero-order valence-electron chi connectivity index (χ0n) is 18.8. The van der Waals surface area contributed by atoms with Gasteiger partial charge in [-0.1, -0.05) is 50.1 Å². The number of halogens is 2. The standard InChI is InChI=1S/C22H34F2N4O4/c1-4-8-14(12-17(23)24)11-16(25)20(30)21(31)26-13-18(29)27-19(22(32)28(2)3)15-9-6-5-7-10-15/h5-7,9-10,14,16-17,19-20,30H,4,8,11-13,25H2,1-3H3,(H,26,31)(H,27,29). The molecule has 180 valence electrons. The van der Waals surface area contributed by atoms with E-state index in [1.807, 2.05) is 6.92 Å². The van der Waals surface area contributed by atoms with E-state index in [-0.39, 0.29) is 18.7 Å². The van der Waals surface area contributed by atoms with E-state index in [1.54, 1.807) is 44.4 Å². The number of aliphatic hydroxyl groups is 1. The molecule has 8 nitrogen and oxygen atoms in total. The number of aliphatic hydroxyl groups excluding tert-OH is 1. The Morgan fingerprint density at radius 1 is 1.12 bits per heavy atom. The van der Waals surface area contributed by atoms with E-state index in [2.05, 4.69) is 10.6 Å². The Balaban J connectivity index is 2.65. The summed E-state index contributed by atoms with van der Waals surface area (Å²) in [6.07, 6.45) is -3.23. The zero-order valence-corrected chi connectivity index (χ0v) is 18.8. The molecule has 0 fully saturated rings. The van der Waals surface area contributed by atoms with E-state index < -0.39 is 48.9 Å². The summed E-state index contributed by atoms with van der Waals surface area (Å²) in [6, 6.07) is 6.65. The second-order valence-corrected chi connectivity index (χ2v) is 7.99. The molecule has 1 aromatic rings. The Kier molecular flexibility index (Phi) is 11.8. The van der Waals surface area contributed by atoms with Gasteiger partial charge in [-0.3, -0.25) is 14.4 Å². The SMILES string of the molecule is CCCC(CC(F)F)CC(N)C(O)C(=O)NCC(=O)NC(C(=O)N(C)C)c1ccccc1. The molecule has 1 rings (SSSR count). The van der Waals surface area contributed by atoms with Gasteiger partial charge in [0.15, 0.2) is 0 Å². The molecule has 0 radical (unpaired) electrons. The van der Waals surface area contributed by atoms with Crippen LogP contribution < -0.4 is 16.4 Å².